The molecule has 2 N–H and O–H groups in total. The first kappa shape index (κ1) is 27.1. The summed E-state index contributed by atoms with van der Waals surface area (Å²) in [5.41, 5.74) is 2.33. The number of hydrogen-bond donors (Lipinski definition) is 2. The second-order valence-electron chi connectivity index (χ2n) is 9.74. The van der Waals surface area contributed by atoms with Crippen LogP contribution in [0.2, 0.25) is 5.02 Å². The van der Waals surface area contributed by atoms with Crippen molar-refractivity contribution in [3.05, 3.63) is 52.0 Å². The molecule has 0 saturated heterocycles. The second kappa shape index (κ2) is 10.6. The van der Waals surface area contributed by atoms with E-state index in [1.807, 2.05) is 6.92 Å². The van der Waals surface area contributed by atoms with Gasteiger partial charge >= 0.3 is 6.11 Å². The summed E-state index contributed by atoms with van der Waals surface area (Å²) in [5.74, 6) is -0.0362. The SMILES string of the molecule is CCN(CCO)CCC(F)(F)Oc1ccc(C2=CC(S(=O)(=O)C3CC3)=CCC2)c2c1[nH]c1ncc(Cl)cc12. The third-order valence-corrected chi connectivity index (χ3v) is 9.59. The summed E-state index contributed by atoms with van der Waals surface area (Å²) in [5, 5.41) is 10.5. The zero-order chi connectivity index (χ0) is 27.1. The highest BCUT2D eigenvalue weighted by Gasteiger charge is 2.38. The third kappa shape index (κ3) is 5.45. The average Bonchev–Trinajstić information content (AvgIpc) is 3.69. The number of aliphatic hydroxyl groups is 1. The standard InChI is InChI=1S/C27H30ClF2N3O4S/c1-2-33(12-13-34)11-10-27(29,30)37-23-9-8-21(24-22-15-18(28)16-31-26(22)32-25(23)24)17-4-3-5-20(14-17)38(35,36)19-6-7-19/h5,8-9,14-16,19,34H,2-4,6-7,10-13H2,1H3,(H,31,32). The van der Waals surface area contributed by atoms with Gasteiger partial charge < -0.3 is 19.7 Å². The molecule has 3 aromatic rings. The van der Waals surface area contributed by atoms with Crippen molar-refractivity contribution in [1.82, 2.24) is 14.9 Å². The first-order valence-electron chi connectivity index (χ1n) is 12.8. The number of aromatic amines is 1. The van der Waals surface area contributed by atoms with E-state index >= 15 is 0 Å². The molecule has 1 fully saturated rings. The van der Waals surface area contributed by atoms with E-state index in [4.69, 9.17) is 21.4 Å². The summed E-state index contributed by atoms with van der Waals surface area (Å²) in [6.45, 7) is 2.64. The van der Waals surface area contributed by atoms with Gasteiger partial charge in [-0.15, -0.1) is 0 Å². The summed E-state index contributed by atoms with van der Waals surface area (Å²) in [6, 6.07) is 4.90. The molecule has 0 aliphatic heterocycles. The van der Waals surface area contributed by atoms with Crippen LogP contribution in [0.15, 0.2) is 41.5 Å². The molecule has 2 aliphatic rings. The van der Waals surface area contributed by atoms with Crippen LogP contribution in [0.5, 0.6) is 5.75 Å². The molecule has 38 heavy (non-hydrogen) atoms. The van der Waals surface area contributed by atoms with Crippen LogP contribution >= 0.6 is 11.6 Å². The Kier molecular flexibility index (Phi) is 7.52. The van der Waals surface area contributed by atoms with Gasteiger partial charge in [0.25, 0.3) is 0 Å². The number of sulfone groups is 1. The molecule has 2 aromatic heterocycles. The Hall–Kier alpha value is -2.53. The molecule has 0 radical (unpaired) electrons. The molecule has 0 spiro atoms. The summed E-state index contributed by atoms with van der Waals surface area (Å²) < 4.78 is 61.0. The van der Waals surface area contributed by atoms with Crippen LogP contribution in [0, 0.1) is 0 Å². The third-order valence-electron chi connectivity index (χ3n) is 7.09. The molecule has 1 aromatic carbocycles. The fourth-order valence-electron chi connectivity index (χ4n) is 4.91. The molecule has 0 unspecified atom stereocenters. The number of aliphatic hydroxyl groups excluding tert-OH is 1. The minimum atomic E-state index is -3.46. The number of alkyl halides is 2. The number of hydrogen-bond acceptors (Lipinski definition) is 6. The van der Waals surface area contributed by atoms with Gasteiger partial charge in [0.05, 0.1) is 33.7 Å². The van der Waals surface area contributed by atoms with Crippen molar-refractivity contribution in [3.8, 4) is 5.75 Å². The Balaban J connectivity index is 1.55. The van der Waals surface area contributed by atoms with E-state index < -0.39 is 22.4 Å². The van der Waals surface area contributed by atoms with Crippen molar-refractivity contribution < 1.29 is 27.0 Å². The van der Waals surface area contributed by atoms with Gasteiger partial charge in [-0.3, -0.25) is 0 Å². The molecule has 11 heteroatoms. The van der Waals surface area contributed by atoms with E-state index in [0.717, 1.165) is 11.1 Å². The van der Waals surface area contributed by atoms with Crippen LogP contribution in [-0.4, -0.2) is 66.0 Å². The Morgan fingerprint density at radius 3 is 2.79 bits per heavy atom. The minimum absolute atomic E-state index is 0.0362. The highest BCUT2D eigenvalue weighted by molar-refractivity contribution is 7.96. The highest BCUT2D eigenvalue weighted by atomic mass is 35.5. The van der Waals surface area contributed by atoms with Crippen LogP contribution in [0.1, 0.15) is 44.6 Å². The van der Waals surface area contributed by atoms with Gasteiger partial charge in [-0.2, -0.15) is 8.78 Å². The first-order chi connectivity index (χ1) is 18.1. The Bertz CT molecular complexity index is 1530. The van der Waals surface area contributed by atoms with Crippen molar-refractivity contribution in [3.63, 3.8) is 0 Å². The van der Waals surface area contributed by atoms with Gasteiger partial charge in [-0.25, -0.2) is 13.4 Å². The van der Waals surface area contributed by atoms with E-state index in [1.165, 1.54) is 12.3 Å². The van der Waals surface area contributed by atoms with Crippen molar-refractivity contribution >= 4 is 48.9 Å². The van der Waals surface area contributed by atoms with E-state index in [2.05, 4.69) is 9.97 Å². The van der Waals surface area contributed by atoms with Crippen LogP contribution < -0.4 is 4.74 Å². The van der Waals surface area contributed by atoms with Gasteiger partial charge in [-0.1, -0.05) is 30.7 Å². The predicted octanol–water partition coefficient (Wildman–Crippen LogP) is 5.68. The van der Waals surface area contributed by atoms with Crippen molar-refractivity contribution in [2.75, 3.05) is 26.2 Å². The molecular formula is C27H30ClF2N3O4S. The maximum atomic E-state index is 15.0. The van der Waals surface area contributed by atoms with Crippen molar-refractivity contribution in [1.29, 1.82) is 0 Å². The summed E-state index contributed by atoms with van der Waals surface area (Å²) >= 11 is 6.24. The lowest BCUT2D eigenvalue weighted by Crippen LogP contribution is -2.34. The van der Waals surface area contributed by atoms with Gasteiger partial charge in [0.1, 0.15) is 5.65 Å². The van der Waals surface area contributed by atoms with E-state index in [0.29, 0.717) is 70.6 Å². The van der Waals surface area contributed by atoms with Gasteiger partial charge in [0, 0.05) is 30.1 Å². The maximum absolute atomic E-state index is 15.0. The molecule has 2 heterocycles. The lowest BCUT2D eigenvalue weighted by Gasteiger charge is -2.24. The zero-order valence-electron chi connectivity index (χ0n) is 21.0. The molecule has 5 rings (SSSR count). The highest BCUT2D eigenvalue weighted by Crippen LogP contribution is 2.43. The summed E-state index contributed by atoms with van der Waals surface area (Å²) in [6.07, 6.45) is 3.45. The number of halogens is 3. The molecule has 204 valence electrons. The van der Waals surface area contributed by atoms with Gasteiger partial charge in [0.2, 0.25) is 0 Å². The largest absolute Gasteiger partial charge is 0.430 e. The van der Waals surface area contributed by atoms with Crippen LogP contribution in [0.3, 0.4) is 0 Å². The summed E-state index contributed by atoms with van der Waals surface area (Å²) in [4.78, 5) is 9.48. The van der Waals surface area contributed by atoms with Crippen LogP contribution in [0.25, 0.3) is 27.5 Å². The predicted molar refractivity (Wildman–Crippen MR) is 145 cm³/mol. The number of allylic oxidation sites excluding steroid dienone is 3. The maximum Gasteiger partial charge on any atom is 0.399 e. The minimum Gasteiger partial charge on any atom is -0.430 e. The normalized spacial score (nSPS) is 16.8. The molecule has 0 atom stereocenters. The Labute approximate surface area is 225 Å². The molecule has 0 bridgehead atoms. The number of rotatable bonds is 11. The fraction of sp³-hybridized carbons (Fsp3) is 0.444. The number of fused-ring (bicyclic) bond motifs is 3. The number of likely N-dealkylation sites (N-methyl/N-ethyl adjacent to an activating group) is 1. The summed E-state index contributed by atoms with van der Waals surface area (Å²) in [7, 11) is -3.37. The average molecular weight is 566 g/mol. The topological polar surface area (TPSA) is 95.5 Å². The zero-order valence-corrected chi connectivity index (χ0v) is 22.6. The number of nitrogens with one attached hydrogen (secondary N) is 1. The lowest BCUT2D eigenvalue weighted by molar-refractivity contribution is -0.182. The molecule has 0 amide bonds. The molecular weight excluding hydrogens is 536 g/mol. The van der Waals surface area contributed by atoms with Crippen molar-refractivity contribution in [2.24, 2.45) is 0 Å². The quantitative estimate of drug-likeness (QED) is 0.310. The molecule has 2 aliphatic carbocycles. The van der Waals surface area contributed by atoms with Gasteiger partial charge in [-0.05, 0) is 61.6 Å². The van der Waals surface area contributed by atoms with Crippen LogP contribution in [0.4, 0.5) is 8.78 Å². The number of nitrogens with zero attached hydrogens (tertiary/aromatic N) is 2. The van der Waals surface area contributed by atoms with Gasteiger partial charge in [0.15, 0.2) is 15.6 Å². The Morgan fingerprint density at radius 1 is 1.29 bits per heavy atom. The smallest absolute Gasteiger partial charge is 0.399 e. The Morgan fingerprint density at radius 2 is 2.08 bits per heavy atom. The van der Waals surface area contributed by atoms with Crippen molar-refractivity contribution in [2.45, 2.75) is 50.4 Å². The monoisotopic (exact) mass is 565 g/mol. The fourth-order valence-corrected chi connectivity index (χ4v) is 6.87. The number of benzene rings is 1. The van der Waals surface area contributed by atoms with E-state index in [9.17, 15) is 17.2 Å². The van der Waals surface area contributed by atoms with Crippen LogP contribution in [-0.2, 0) is 9.84 Å². The number of pyridine rings is 1. The lowest BCUT2D eigenvalue weighted by atomic mass is 9.93. The second-order valence-corrected chi connectivity index (χ2v) is 12.4. The van der Waals surface area contributed by atoms with E-state index in [1.54, 1.807) is 29.2 Å². The number of aromatic nitrogens is 2. The molecule has 7 nitrogen and oxygen atoms in total. The first-order valence-corrected chi connectivity index (χ1v) is 14.7. The number of H-pyrrole nitrogens is 1. The number of ether oxygens (including phenoxy) is 1. The van der Waals surface area contributed by atoms with E-state index in [-0.39, 0.29) is 24.2 Å². The molecule has 1 saturated carbocycles.